The van der Waals surface area contributed by atoms with Gasteiger partial charge in [-0.25, -0.2) is 0 Å². The monoisotopic (exact) mass is 540 g/mol. The third-order valence-corrected chi connectivity index (χ3v) is 8.01. The quantitative estimate of drug-likeness (QED) is 0.388. The first kappa shape index (κ1) is 29.6. The molecule has 0 aromatic heterocycles. The van der Waals surface area contributed by atoms with Gasteiger partial charge in [0.2, 0.25) is 17.7 Å². The highest BCUT2D eigenvalue weighted by Gasteiger charge is 2.32. The highest BCUT2D eigenvalue weighted by molar-refractivity contribution is 7.99. The van der Waals surface area contributed by atoms with Crippen LogP contribution in [0.4, 0.5) is 0 Å². The molecule has 2 aromatic rings. The van der Waals surface area contributed by atoms with Crippen molar-refractivity contribution in [2.45, 2.75) is 74.1 Å². The molecule has 0 bridgehead atoms. The molecule has 2 aromatic carbocycles. The molecule has 0 saturated heterocycles. The third-order valence-electron chi connectivity index (χ3n) is 6.77. The molecule has 0 radical (unpaired) electrons. The predicted molar refractivity (Wildman–Crippen MR) is 150 cm³/mol. The van der Waals surface area contributed by atoms with E-state index in [2.05, 4.69) is 40.2 Å². The van der Waals surface area contributed by atoms with Gasteiger partial charge < -0.3 is 32.3 Å². The van der Waals surface area contributed by atoms with E-state index in [0.717, 1.165) is 26.5 Å². The first-order chi connectivity index (χ1) is 18.3. The van der Waals surface area contributed by atoms with E-state index in [1.807, 2.05) is 32.0 Å². The van der Waals surface area contributed by atoms with Gasteiger partial charge in [-0.05, 0) is 56.0 Å². The van der Waals surface area contributed by atoms with E-state index in [-0.39, 0.29) is 18.4 Å². The lowest BCUT2D eigenvalue weighted by molar-refractivity contribution is -0.142. The number of carbonyl (C=O) groups excluding carboxylic acids is 3. The summed E-state index contributed by atoms with van der Waals surface area (Å²) in [7, 11) is 1.58. The Hall–Kier alpha value is -2.92. The summed E-state index contributed by atoms with van der Waals surface area (Å²) in [6.45, 7) is 5.03. The van der Waals surface area contributed by atoms with Crippen molar-refractivity contribution in [1.29, 1.82) is 0 Å². The number of benzene rings is 2. The second-order valence-corrected chi connectivity index (χ2v) is 10.7. The fourth-order valence-electron chi connectivity index (χ4n) is 4.52. The highest BCUT2D eigenvalue weighted by atomic mass is 32.2. The molecule has 3 amide bonds. The Bertz CT molecular complexity index is 1130. The van der Waals surface area contributed by atoms with Crippen molar-refractivity contribution in [2.24, 2.45) is 11.5 Å². The summed E-state index contributed by atoms with van der Waals surface area (Å²) in [5.41, 5.74) is 14.8. The van der Waals surface area contributed by atoms with E-state index in [0.29, 0.717) is 38.9 Å². The van der Waals surface area contributed by atoms with E-state index in [9.17, 15) is 14.4 Å². The summed E-state index contributed by atoms with van der Waals surface area (Å²) in [5, 5.41) is 9.20. The van der Waals surface area contributed by atoms with Crippen LogP contribution in [0.25, 0.3) is 0 Å². The number of nitrogens with one attached hydrogen (secondary N) is 3. The smallest absolute Gasteiger partial charge is 0.246 e. The van der Waals surface area contributed by atoms with Crippen LogP contribution in [-0.2, 0) is 27.5 Å². The fraction of sp³-hybridized carbons (Fsp3) is 0.464. The molecule has 10 heteroatoms. The van der Waals surface area contributed by atoms with Crippen LogP contribution in [0.2, 0.25) is 0 Å². The van der Waals surface area contributed by atoms with Crippen LogP contribution >= 0.6 is 11.8 Å². The van der Waals surface area contributed by atoms with Gasteiger partial charge in [0.1, 0.15) is 12.1 Å². The first-order valence-electron chi connectivity index (χ1n) is 13.1. The summed E-state index contributed by atoms with van der Waals surface area (Å²) in [4.78, 5) is 43.3. The molecule has 1 aliphatic rings. The number of rotatable bonds is 5. The molecule has 7 N–H and O–H groups in total. The van der Waals surface area contributed by atoms with E-state index in [1.54, 1.807) is 18.8 Å². The van der Waals surface area contributed by atoms with Crippen LogP contribution in [0.15, 0.2) is 52.3 Å². The van der Waals surface area contributed by atoms with Gasteiger partial charge >= 0.3 is 0 Å². The van der Waals surface area contributed by atoms with Crippen LogP contribution in [0.1, 0.15) is 42.9 Å². The largest absolute Gasteiger partial charge is 0.350 e. The average molecular weight is 541 g/mol. The van der Waals surface area contributed by atoms with E-state index >= 15 is 0 Å². The number of fused-ring (bicyclic) bond motifs is 2. The maximum atomic E-state index is 13.3. The Morgan fingerprint density at radius 2 is 1.71 bits per heavy atom. The Morgan fingerprint density at radius 3 is 2.42 bits per heavy atom. The summed E-state index contributed by atoms with van der Waals surface area (Å²) in [5.74, 6) is -0.972. The molecule has 38 heavy (non-hydrogen) atoms. The Balaban J connectivity index is 2.02. The van der Waals surface area contributed by atoms with Gasteiger partial charge in [-0.2, -0.15) is 0 Å². The van der Waals surface area contributed by atoms with Gasteiger partial charge in [-0.1, -0.05) is 54.6 Å². The lowest BCUT2D eigenvalue weighted by Crippen LogP contribution is -2.58. The fourth-order valence-corrected chi connectivity index (χ4v) is 5.58. The standard InChI is InChI=1S/C28H40N6O3S/c1-4-23-27(36)32-17-20-14-18(2)11-12-25(20)38-24-10-6-5-8-19(24)16-31-21(9-7-13-29)26(35)33-22(15-30)28(37)34(23)3/h5-6,8,10-12,14,21-23,31H,4,7,9,13,15-17,29-30H2,1-3H3,(H,32,36)(H,33,35)/t21-,22-,23-/m0/s1. The Kier molecular flexibility index (Phi) is 11.1. The van der Waals surface area contributed by atoms with Crippen LogP contribution in [0.3, 0.4) is 0 Å². The van der Waals surface area contributed by atoms with Gasteiger partial charge in [0.25, 0.3) is 0 Å². The van der Waals surface area contributed by atoms with Crippen molar-refractivity contribution in [3.8, 4) is 0 Å². The normalized spacial score (nSPS) is 21.7. The molecule has 0 saturated carbocycles. The number of likely N-dealkylation sites (N-methyl/N-ethyl adjacent to an activating group) is 1. The number of aryl methyl sites for hydroxylation is 1. The molecule has 206 valence electrons. The van der Waals surface area contributed by atoms with Gasteiger partial charge in [0, 0.05) is 36.5 Å². The highest BCUT2D eigenvalue weighted by Crippen LogP contribution is 2.33. The van der Waals surface area contributed by atoms with Crippen molar-refractivity contribution in [1.82, 2.24) is 20.9 Å². The number of carbonyl (C=O) groups is 3. The van der Waals surface area contributed by atoms with Crippen LogP contribution in [0.5, 0.6) is 0 Å². The SMILES string of the molecule is CC[C@H]1C(=O)NCc2cc(C)ccc2Sc2ccccc2CN[C@@H](CCCN)C(=O)N[C@@H](CN)C(=O)N1C. The summed E-state index contributed by atoms with van der Waals surface area (Å²) in [6.07, 6.45) is 1.58. The molecular formula is C28H40N6O3S. The summed E-state index contributed by atoms with van der Waals surface area (Å²) in [6, 6.07) is 12.0. The second-order valence-electron chi connectivity index (χ2n) is 9.57. The number of nitrogens with two attached hydrogens (primary N) is 2. The summed E-state index contributed by atoms with van der Waals surface area (Å²) < 4.78 is 0. The minimum Gasteiger partial charge on any atom is -0.350 e. The van der Waals surface area contributed by atoms with E-state index < -0.39 is 24.0 Å². The molecule has 3 rings (SSSR count). The maximum Gasteiger partial charge on any atom is 0.246 e. The Morgan fingerprint density at radius 1 is 0.974 bits per heavy atom. The molecule has 0 unspecified atom stereocenters. The molecule has 1 aliphatic heterocycles. The number of nitrogens with zero attached hydrogens (tertiary/aromatic N) is 1. The second kappa shape index (κ2) is 14.3. The molecule has 0 aliphatic carbocycles. The molecule has 1 heterocycles. The van der Waals surface area contributed by atoms with Crippen molar-refractivity contribution in [2.75, 3.05) is 20.1 Å². The van der Waals surface area contributed by atoms with Gasteiger partial charge in [-0.15, -0.1) is 0 Å². The lowest BCUT2D eigenvalue weighted by atomic mass is 10.1. The van der Waals surface area contributed by atoms with Gasteiger partial charge in [0.15, 0.2) is 0 Å². The van der Waals surface area contributed by atoms with Crippen LogP contribution in [-0.4, -0.2) is 60.9 Å². The van der Waals surface area contributed by atoms with E-state index in [1.165, 1.54) is 4.90 Å². The van der Waals surface area contributed by atoms with Crippen LogP contribution in [0, 0.1) is 6.92 Å². The molecule has 9 nitrogen and oxygen atoms in total. The number of hydrogen-bond acceptors (Lipinski definition) is 7. The Labute approximate surface area is 229 Å². The molecule has 0 fully saturated rings. The molecular weight excluding hydrogens is 500 g/mol. The third kappa shape index (κ3) is 7.57. The number of amides is 3. The predicted octanol–water partition coefficient (Wildman–Crippen LogP) is 1.65. The van der Waals surface area contributed by atoms with Gasteiger partial charge in [-0.3, -0.25) is 14.4 Å². The van der Waals surface area contributed by atoms with Gasteiger partial charge in [0.05, 0.1) is 6.04 Å². The minimum atomic E-state index is -0.946. The minimum absolute atomic E-state index is 0.0807. The zero-order valence-electron chi connectivity index (χ0n) is 22.5. The van der Waals surface area contributed by atoms with Crippen molar-refractivity contribution < 1.29 is 14.4 Å². The summed E-state index contributed by atoms with van der Waals surface area (Å²) >= 11 is 1.63. The van der Waals surface area contributed by atoms with Crippen molar-refractivity contribution >= 4 is 29.5 Å². The first-order valence-corrected chi connectivity index (χ1v) is 13.9. The van der Waals surface area contributed by atoms with Crippen molar-refractivity contribution in [3.63, 3.8) is 0 Å². The van der Waals surface area contributed by atoms with Crippen LogP contribution < -0.4 is 27.4 Å². The average Bonchev–Trinajstić information content (AvgIpc) is 2.91. The topological polar surface area (TPSA) is 143 Å². The van der Waals surface area contributed by atoms with E-state index in [4.69, 9.17) is 11.5 Å². The molecule has 0 spiro atoms. The number of hydrogen-bond donors (Lipinski definition) is 5. The molecule has 3 atom stereocenters. The zero-order chi connectivity index (χ0) is 27.7. The maximum absolute atomic E-state index is 13.3. The lowest BCUT2D eigenvalue weighted by Gasteiger charge is -2.30. The van der Waals surface area contributed by atoms with Crippen molar-refractivity contribution in [3.05, 3.63) is 59.2 Å². The zero-order valence-corrected chi connectivity index (χ0v) is 23.3.